The van der Waals surface area contributed by atoms with E-state index in [1.807, 2.05) is 69.3 Å². The molecular weight excluding hydrogens is 573 g/mol. The van der Waals surface area contributed by atoms with Gasteiger partial charge in [-0.2, -0.15) is 0 Å². The number of amides is 3. The molecule has 2 aliphatic rings. The number of nitrogens with zero attached hydrogens (tertiary/aromatic N) is 2. The first-order chi connectivity index (χ1) is 21.5. The summed E-state index contributed by atoms with van der Waals surface area (Å²) in [5.41, 5.74) is 3.65. The van der Waals surface area contributed by atoms with E-state index in [2.05, 4.69) is 20.9 Å². The fraction of sp³-hybridized carbons (Fsp3) is 0.400. The Hall–Kier alpha value is -4.44. The predicted molar refractivity (Wildman–Crippen MR) is 173 cm³/mol. The van der Waals surface area contributed by atoms with E-state index < -0.39 is 17.7 Å². The number of benzene rings is 3. The summed E-state index contributed by atoms with van der Waals surface area (Å²) in [6, 6.07) is 21.0. The van der Waals surface area contributed by atoms with Gasteiger partial charge in [-0.3, -0.25) is 14.5 Å². The molecule has 45 heavy (non-hydrogen) atoms. The molecule has 2 aliphatic heterocycles. The Morgan fingerprint density at radius 2 is 1.42 bits per heavy atom. The van der Waals surface area contributed by atoms with Crippen molar-refractivity contribution in [2.45, 2.75) is 77.2 Å². The van der Waals surface area contributed by atoms with Gasteiger partial charge in [0.2, 0.25) is 11.8 Å². The van der Waals surface area contributed by atoms with E-state index in [1.54, 1.807) is 12.1 Å². The van der Waals surface area contributed by atoms with Crippen molar-refractivity contribution >= 4 is 35.0 Å². The van der Waals surface area contributed by atoms with Crippen LogP contribution in [0.5, 0.6) is 0 Å². The summed E-state index contributed by atoms with van der Waals surface area (Å²) in [5.74, 6) is -0.558. The van der Waals surface area contributed by atoms with Gasteiger partial charge in [0.1, 0.15) is 17.5 Å². The monoisotopic (exact) mass is 615 g/mol. The largest absolute Gasteiger partial charge is 0.444 e. The second-order valence-electron chi connectivity index (χ2n) is 12.7. The predicted octanol–water partition coefficient (Wildman–Crippen LogP) is 6.06. The molecule has 0 radical (unpaired) electrons. The van der Waals surface area contributed by atoms with Crippen LogP contribution in [-0.2, 0) is 27.4 Å². The third kappa shape index (κ3) is 8.82. The summed E-state index contributed by atoms with van der Waals surface area (Å²) >= 11 is 0. The zero-order chi connectivity index (χ0) is 32.0. The second kappa shape index (κ2) is 14.1. The maximum Gasteiger partial charge on any atom is 0.410 e. The minimum atomic E-state index is -0.633. The summed E-state index contributed by atoms with van der Waals surface area (Å²) in [6.07, 6.45) is 2.70. The molecule has 0 bridgehead atoms. The van der Waals surface area contributed by atoms with Crippen LogP contribution < -0.4 is 20.9 Å². The van der Waals surface area contributed by atoms with Crippen molar-refractivity contribution < 1.29 is 23.5 Å². The van der Waals surface area contributed by atoms with E-state index in [-0.39, 0.29) is 23.7 Å². The van der Waals surface area contributed by atoms with Crippen molar-refractivity contribution in [3.05, 3.63) is 89.7 Å². The van der Waals surface area contributed by atoms with E-state index in [4.69, 9.17) is 4.74 Å². The number of halogens is 1. The summed E-state index contributed by atoms with van der Waals surface area (Å²) in [7, 11) is 0. The molecule has 2 atom stereocenters. The van der Waals surface area contributed by atoms with Gasteiger partial charge in [-0.05, 0) is 113 Å². The highest BCUT2D eigenvalue weighted by Gasteiger charge is 2.36. The van der Waals surface area contributed by atoms with E-state index >= 15 is 0 Å². The number of likely N-dealkylation sites (tertiary alicyclic amines) is 1. The third-order valence-corrected chi connectivity index (χ3v) is 7.94. The number of nitrogens with one attached hydrogen (secondary N) is 3. The first-order valence-corrected chi connectivity index (χ1v) is 15.6. The second-order valence-corrected chi connectivity index (χ2v) is 12.7. The quantitative estimate of drug-likeness (QED) is 0.271. The number of rotatable bonds is 9. The molecule has 0 unspecified atom stereocenters. The Morgan fingerprint density at radius 3 is 1.96 bits per heavy atom. The van der Waals surface area contributed by atoms with Gasteiger partial charge in [0.05, 0.1) is 6.04 Å². The third-order valence-electron chi connectivity index (χ3n) is 7.94. The summed E-state index contributed by atoms with van der Waals surface area (Å²) in [4.78, 5) is 41.8. The SMILES string of the molecule is CC(C)(C)OC(=O)N1CCC[C@H]1C(=O)Nc1ccc(CN(Cc2ccc(NC(=O)[C@@H]3CCCN3)cc2)c2ccc(F)cc2)cc1. The maximum atomic E-state index is 13.7. The van der Waals surface area contributed by atoms with Gasteiger partial charge in [-0.15, -0.1) is 0 Å². The van der Waals surface area contributed by atoms with Crippen LogP contribution in [0, 0.1) is 5.82 Å². The van der Waals surface area contributed by atoms with E-state index in [0.717, 1.165) is 48.3 Å². The molecule has 0 spiro atoms. The molecule has 2 fully saturated rings. The standard InChI is InChI=1S/C35H42FN5O4/c1-35(2,3)45-34(44)41-21-5-7-31(41)33(43)39-28-16-10-25(11-17-28)23-40(29-18-12-26(36)13-19-29)22-24-8-14-27(15-9-24)38-32(42)30-6-4-20-37-30/h8-19,30-31,37H,4-7,20-23H2,1-3H3,(H,38,42)(H,39,43)/t30-,31-/m0/s1. The topological polar surface area (TPSA) is 103 Å². The fourth-order valence-corrected chi connectivity index (χ4v) is 5.66. The van der Waals surface area contributed by atoms with E-state index in [1.165, 1.54) is 17.0 Å². The van der Waals surface area contributed by atoms with Crippen molar-refractivity contribution in [1.82, 2.24) is 10.2 Å². The van der Waals surface area contributed by atoms with Gasteiger partial charge < -0.3 is 25.6 Å². The Kier molecular flexibility index (Phi) is 10.0. The van der Waals surface area contributed by atoms with Crippen molar-refractivity contribution in [3.8, 4) is 0 Å². The molecule has 0 aromatic heterocycles. The minimum absolute atomic E-state index is 0.0172. The Bertz CT molecular complexity index is 1470. The molecule has 9 nitrogen and oxygen atoms in total. The van der Waals surface area contributed by atoms with Crippen molar-refractivity contribution in [1.29, 1.82) is 0 Å². The normalized spacial score (nSPS) is 18.0. The van der Waals surface area contributed by atoms with Crippen LogP contribution in [0.15, 0.2) is 72.8 Å². The van der Waals surface area contributed by atoms with Gasteiger partial charge in [0.15, 0.2) is 0 Å². The lowest BCUT2D eigenvalue weighted by atomic mass is 10.1. The summed E-state index contributed by atoms with van der Waals surface area (Å²) in [5, 5.41) is 9.14. The van der Waals surface area contributed by atoms with Crippen LogP contribution in [0.2, 0.25) is 0 Å². The van der Waals surface area contributed by atoms with Crippen molar-refractivity contribution in [3.63, 3.8) is 0 Å². The maximum absolute atomic E-state index is 13.7. The smallest absolute Gasteiger partial charge is 0.410 e. The molecule has 3 amide bonds. The highest BCUT2D eigenvalue weighted by atomic mass is 19.1. The van der Waals surface area contributed by atoms with Crippen LogP contribution in [0.4, 0.5) is 26.2 Å². The number of ether oxygens (including phenoxy) is 1. The minimum Gasteiger partial charge on any atom is -0.444 e. The number of hydrogen-bond donors (Lipinski definition) is 3. The number of anilines is 3. The highest BCUT2D eigenvalue weighted by molar-refractivity contribution is 5.97. The molecule has 5 rings (SSSR count). The van der Waals surface area contributed by atoms with Crippen LogP contribution in [0.3, 0.4) is 0 Å². The van der Waals surface area contributed by atoms with Gasteiger partial charge in [0, 0.05) is 36.7 Å². The molecule has 3 N–H and O–H groups in total. The highest BCUT2D eigenvalue weighted by Crippen LogP contribution is 2.25. The molecule has 3 aromatic carbocycles. The average Bonchev–Trinajstić information content (AvgIpc) is 3.72. The lowest BCUT2D eigenvalue weighted by molar-refractivity contribution is -0.120. The van der Waals surface area contributed by atoms with Crippen LogP contribution in [-0.4, -0.2) is 53.6 Å². The van der Waals surface area contributed by atoms with Crippen molar-refractivity contribution in [2.75, 3.05) is 28.6 Å². The number of carbonyl (C=O) groups is 3. The molecule has 3 aromatic rings. The van der Waals surface area contributed by atoms with Gasteiger partial charge in [0.25, 0.3) is 0 Å². The molecule has 0 saturated carbocycles. The lowest BCUT2D eigenvalue weighted by Gasteiger charge is -2.28. The molecule has 2 heterocycles. The lowest BCUT2D eigenvalue weighted by Crippen LogP contribution is -2.45. The van der Waals surface area contributed by atoms with Crippen molar-refractivity contribution in [2.24, 2.45) is 0 Å². The van der Waals surface area contributed by atoms with E-state index in [9.17, 15) is 18.8 Å². The van der Waals surface area contributed by atoms with Gasteiger partial charge in [-0.1, -0.05) is 24.3 Å². The Balaban J connectivity index is 1.22. The number of hydrogen-bond acceptors (Lipinski definition) is 6. The zero-order valence-electron chi connectivity index (χ0n) is 26.1. The Labute approximate surface area is 264 Å². The first-order valence-electron chi connectivity index (χ1n) is 15.6. The van der Waals surface area contributed by atoms with Gasteiger partial charge in [-0.25, -0.2) is 9.18 Å². The average molecular weight is 616 g/mol. The Morgan fingerprint density at radius 1 is 0.844 bits per heavy atom. The van der Waals surface area contributed by atoms with Crippen LogP contribution >= 0.6 is 0 Å². The van der Waals surface area contributed by atoms with E-state index in [0.29, 0.717) is 31.7 Å². The molecule has 2 saturated heterocycles. The first kappa shape index (κ1) is 32.0. The van der Waals surface area contributed by atoms with Crippen LogP contribution in [0.1, 0.15) is 57.6 Å². The fourth-order valence-electron chi connectivity index (χ4n) is 5.66. The molecule has 0 aliphatic carbocycles. The van der Waals surface area contributed by atoms with Crippen LogP contribution in [0.25, 0.3) is 0 Å². The molecular formula is C35H42FN5O4. The molecule has 10 heteroatoms. The summed E-state index contributed by atoms with van der Waals surface area (Å²) in [6.45, 7) is 7.88. The summed E-state index contributed by atoms with van der Waals surface area (Å²) < 4.78 is 19.2. The van der Waals surface area contributed by atoms with Gasteiger partial charge >= 0.3 is 6.09 Å². The zero-order valence-corrected chi connectivity index (χ0v) is 26.1. The number of carbonyl (C=O) groups excluding carboxylic acids is 3. The molecule has 238 valence electrons.